The molecule has 0 aliphatic carbocycles. The monoisotopic (exact) mass is 96.1 g/mol. The van der Waals surface area contributed by atoms with Crippen LogP contribution in [-0.2, 0) is 0 Å². The third-order valence-corrected chi connectivity index (χ3v) is 1.48. The van der Waals surface area contributed by atoms with Crippen molar-refractivity contribution >= 4 is 5.71 Å². The summed E-state index contributed by atoms with van der Waals surface area (Å²) in [4.78, 5) is 0. The predicted octanol–water partition coefficient (Wildman–Crippen LogP) is 1.01. The van der Waals surface area contributed by atoms with Crippen LogP contribution in [0.1, 0.15) is 13.8 Å². The van der Waals surface area contributed by atoms with E-state index in [-0.39, 0.29) is 0 Å². The first-order chi connectivity index (χ1) is 3.22. The van der Waals surface area contributed by atoms with Gasteiger partial charge in [0.05, 0.1) is 6.08 Å². The van der Waals surface area contributed by atoms with Crippen LogP contribution in [0.5, 0.6) is 0 Å². The van der Waals surface area contributed by atoms with Gasteiger partial charge in [-0.2, -0.15) is 0 Å². The van der Waals surface area contributed by atoms with Gasteiger partial charge in [-0.3, -0.25) is 0 Å². The van der Waals surface area contributed by atoms with E-state index in [9.17, 15) is 0 Å². The molecule has 0 aromatic heterocycles. The second kappa shape index (κ2) is 1.19. The molecule has 0 fully saturated rings. The highest BCUT2D eigenvalue weighted by molar-refractivity contribution is 5.92. The van der Waals surface area contributed by atoms with Crippen molar-refractivity contribution in [1.82, 2.24) is 0 Å². The molecule has 0 saturated carbocycles. The molecule has 0 aromatic carbocycles. The summed E-state index contributed by atoms with van der Waals surface area (Å²) in [6, 6.07) is 0. The smallest absolute Gasteiger partial charge is 0.184 e. The molecule has 1 heterocycles. The van der Waals surface area contributed by atoms with Gasteiger partial charge in [0.2, 0.25) is 0 Å². The second-order valence-electron chi connectivity index (χ2n) is 1.99. The molecule has 0 radical (unpaired) electrons. The van der Waals surface area contributed by atoms with Crippen LogP contribution in [0.4, 0.5) is 0 Å². The Morgan fingerprint density at radius 1 is 1.43 bits per heavy atom. The normalized spacial score (nSPS) is 19.0. The van der Waals surface area contributed by atoms with Crippen molar-refractivity contribution in [3.8, 4) is 0 Å². The summed E-state index contributed by atoms with van der Waals surface area (Å²) < 4.78 is 2.17. The van der Waals surface area contributed by atoms with Gasteiger partial charge in [0.25, 0.3) is 0 Å². The molecule has 1 heteroatoms. The first-order valence-corrected chi connectivity index (χ1v) is 2.47. The maximum Gasteiger partial charge on any atom is 0.184 e. The number of nitrogens with zero attached hydrogens (tertiary/aromatic N) is 1. The van der Waals surface area contributed by atoms with Crippen LogP contribution in [0.3, 0.4) is 0 Å². The lowest BCUT2D eigenvalue weighted by Crippen LogP contribution is -2.19. The van der Waals surface area contributed by atoms with Crippen molar-refractivity contribution in [2.45, 2.75) is 13.8 Å². The third-order valence-electron chi connectivity index (χ3n) is 1.48. The van der Waals surface area contributed by atoms with Gasteiger partial charge in [-0.15, -0.1) is 0 Å². The number of hydrogen-bond donors (Lipinski definition) is 0. The standard InChI is InChI=1S/C6H10N/c1-5-4-6(2)7(5)3/h4H,1-3H3/q+1. The Balaban J connectivity index is 2.73. The predicted molar refractivity (Wildman–Crippen MR) is 30.6 cm³/mol. The molecule has 0 spiro atoms. The van der Waals surface area contributed by atoms with Crippen LogP contribution < -0.4 is 0 Å². The Labute approximate surface area is 44.0 Å². The van der Waals surface area contributed by atoms with E-state index in [1.54, 1.807) is 0 Å². The lowest BCUT2D eigenvalue weighted by Gasteiger charge is -2.04. The molecule has 0 saturated heterocycles. The number of hydrogen-bond acceptors (Lipinski definition) is 0. The fourth-order valence-corrected chi connectivity index (χ4v) is 0.708. The van der Waals surface area contributed by atoms with E-state index in [2.05, 4.69) is 31.5 Å². The van der Waals surface area contributed by atoms with Crippen LogP contribution in [0.25, 0.3) is 0 Å². The van der Waals surface area contributed by atoms with Crippen LogP contribution in [0, 0.1) is 0 Å². The minimum atomic E-state index is 1.36. The average Bonchev–Trinajstić information content (AvgIpc) is 1.68. The third kappa shape index (κ3) is 0.483. The molecule has 0 N–H and O–H groups in total. The summed E-state index contributed by atoms with van der Waals surface area (Å²) in [5.41, 5.74) is 2.72. The molecule has 1 nitrogen and oxygen atoms in total. The first kappa shape index (κ1) is 4.57. The highest BCUT2D eigenvalue weighted by Gasteiger charge is 2.15. The molecule has 0 amide bonds. The first-order valence-electron chi connectivity index (χ1n) is 2.47. The summed E-state index contributed by atoms with van der Waals surface area (Å²) in [5, 5.41) is 0. The second-order valence-corrected chi connectivity index (χ2v) is 1.99. The van der Waals surface area contributed by atoms with Gasteiger partial charge in [0, 0.05) is 13.8 Å². The molecule has 7 heavy (non-hydrogen) atoms. The molecule has 38 valence electrons. The Hall–Kier alpha value is -0.590. The molecule has 1 aliphatic rings. The quantitative estimate of drug-likeness (QED) is 0.396. The van der Waals surface area contributed by atoms with Gasteiger partial charge in [0.1, 0.15) is 7.05 Å². The summed E-state index contributed by atoms with van der Waals surface area (Å²) >= 11 is 0. The highest BCUT2D eigenvalue weighted by atomic mass is 15.0. The van der Waals surface area contributed by atoms with Crippen molar-refractivity contribution in [1.29, 1.82) is 0 Å². The lowest BCUT2D eigenvalue weighted by atomic mass is 10.2. The van der Waals surface area contributed by atoms with Gasteiger partial charge in [-0.25, -0.2) is 4.58 Å². The van der Waals surface area contributed by atoms with Crippen LogP contribution >= 0.6 is 0 Å². The van der Waals surface area contributed by atoms with Crippen molar-refractivity contribution in [2.75, 3.05) is 7.05 Å². The molecular formula is C6H10N+. The summed E-state index contributed by atoms with van der Waals surface area (Å²) in [7, 11) is 2.07. The molecule has 1 rings (SSSR count). The van der Waals surface area contributed by atoms with Crippen molar-refractivity contribution in [2.24, 2.45) is 0 Å². The lowest BCUT2D eigenvalue weighted by molar-refractivity contribution is -0.454. The van der Waals surface area contributed by atoms with E-state index in [4.69, 9.17) is 0 Å². The maximum atomic E-state index is 2.17. The minimum absolute atomic E-state index is 1.36. The number of allylic oxidation sites excluding steroid dienone is 2. The zero-order valence-electron chi connectivity index (χ0n) is 5.02. The van der Waals surface area contributed by atoms with Gasteiger partial charge < -0.3 is 0 Å². The van der Waals surface area contributed by atoms with Gasteiger partial charge in [-0.05, 0) is 0 Å². The summed E-state index contributed by atoms with van der Waals surface area (Å²) in [5.74, 6) is 0. The Kier molecular flexibility index (Phi) is 0.775. The highest BCUT2D eigenvalue weighted by Crippen LogP contribution is 2.03. The maximum absolute atomic E-state index is 2.17. The van der Waals surface area contributed by atoms with Crippen molar-refractivity contribution in [3.63, 3.8) is 0 Å². The molecule has 0 unspecified atom stereocenters. The fourth-order valence-electron chi connectivity index (χ4n) is 0.708. The molecular weight excluding hydrogens is 86.1 g/mol. The molecule has 0 atom stereocenters. The molecule has 1 aliphatic heterocycles. The van der Waals surface area contributed by atoms with Crippen LogP contribution in [-0.4, -0.2) is 17.3 Å². The van der Waals surface area contributed by atoms with Crippen LogP contribution in [0.2, 0.25) is 0 Å². The number of rotatable bonds is 0. The van der Waals surface area contributed by atoms with Gasteiger partial charge >= 0.3 is 0 Å². The van der Waals surface area contributed by atoms with Crippen molar-refractivity contribution in [3.05, 3.63) is 11.8 Å². The average molecular weight is 96.2 g/mol. The van der Waals surface area contributed by atoms with Gasteiger partial charge in [0.15, 0.2) is 11.4 Å². The largest absolute Gasteiger partial charge is 0.203 e. The zero-order valence-corrected chi connectivity index (χ0v) is 5.02. The van der Waals surface area contributed by atoms with Crippen LogP contribution in [0.15, 0.2) is 11.8 Å². The topological polar surface area (TPSA) is 3.01 Å². The van der Waals surface area contributed by atoms with E-state index in [1.807, 2.05) is 0 Å². The van der Waals surface area contributed by atoms with E-state index in [0.29, 0.717) is 0 Å². The molecule has 0 aromatic rings. The Morgan fingerprint density at radius 2 is 2.00 bits per heavy atom. The molecule has 0 bridgehead atoms. The Morgan fingerprint density at radius 3 is 2.00 bits per heavy atom. The summed E-state index contributed by atoms with van der Waals surface area (Å²) in [6.07, 6.45) is 2.17. The fraction of sp³-hybridized carbons (Fsp3) is 0.500. The SMILES string of the molecule is CC1=CC(C)=[N+]1C. The van der Waals surface area contributed by atoms with E-state index in [0.717, 1.165) is 0 Å². The van der Waals surface area contributed by atoms with Crippen molar-refractivity contribution < 1.29 is 4.58 Å². The van der Waals surface area contributed by atoms with Gasteiger partial charge in [-0.1, -0.05) is 0 Å². The zero-order chi connectivity index (χ0) is 5.44. The van der Waals surface area contributed by atoms with E-state index >= 15 is 0 Å². The van der Waals surface area contributed by atoms with E-state index < -0.39 is 0 Å². The van der Waals surface area contributed by atoms with E-state index in [1.165, 1.54) is 11.4 Å². The Bertz CT molecular complexity index is 152. The summed E-state index contributed by atoms with van der Waals surface area (Å²) in [6.45, 7) is 4.21. The minimum Gasteiger partial charge on any atom is -0.203 e.